The lowest BCUT2D eigenvalue weighted by atomic mass is 10.2. The molecule has 0 fully saturated rings. The van der Waals surface area contributed by atoms with Crippen LogP contribution in [-0.2, 0) is 9.59 Å². The molecule has 29 heavy (non-hydrogen) atoms. The van der Waals surface area contributed by atoms with Gasteiger partial charge >= 0.3 is 0 Å². The van der Waals surface area contributed by atoms with Crippen molar-refractivity contribution in [1.82, 2.24) is 14.5 Å². The molecule has 2 amide bonds. The molecule has 0 atom stereocenters. The number of benzene rings is 2. The second-order valence-electron chi connectivity index (χ2n) is 6.40. The first kappa shape index (κ1) is 20.0. The number of anilines is 1. The van der Waals surface area contributed by atoms with Crippen LogP contribution in [-0.4, -0.2) is 39.4 Å². The molecule has 0 aliphatic rings. The van der Waals surface area contributed by atoms with E-state index in [1.54, 1.807) is 29.0 Å². The number of rotatable bonds is 7. The minimum Gasteiger partial charge on any atom is -0.330 e. The van der Waals surface area contributed by atoms with Crippen LogP contribution in [0.2, 0.25) is 0 Å². The lowest BCUT2D eigenvalue weighted by Crippen LogP contribution is -2.37. The Labute approximate surface area is 168 Å². The highest BCUT2D eigenvalue weighted by atomic mass is 19.1. The minimum absolute atomic E-state index is 0.127. The van der Waals surface area contributed by atoms with Gasteiger partial charge in [0, 0.05) is 30.9 Å². The summed E-state index contributed by atoms with van der Waals surface area (Å²) >= 11 is 0. The molecule has 2 aromatic carbocycles. The standard InChI is InChI=1S/C22H21FN4O2/c1-3-13-26(16(2)28)15-21(29)25-22-24-20(17-7-5-4-6-8-17)14-27(22)19-11-9-18(23)10-12-19/h3-12,14H,1,13,15H2,2H3,(H,24,25,29). The molecule has 0 saturated carbocycles. The van der Waals surface area contributed by atoms with Crippen LogP contribution in [0.1, 0.15) is 6.92 Å². The number of hydrogen-bond acceptors (Lipinski definition) is 3. The highest BCUT2D eigenvalue weighted by Gasteiger charge is 2.17. The van der Waals surface area contributed by atoms with Crippen LogP contribution >= 0.6 is 0 Å². The first-order valence-corrected chi connectivity index (χ1v) is 9.05. The molecule has 1 aromatic heterocycles. The largest absolute Gasteiger partial charge is 0.330 e. The van der Waals surface area contributed by atoms with Crippen molar-refractivity contribution in [3.63, 3.8) is 0 Å². The summed E-state index contributed by atoms with van der Waals surface area (Å²) in [4.78, 5) is 30.1. The Bertz CT molecular complexity index is 1010. The summed E-state index contributed by atoms with van der Waals surface area (Å²) in [6, 6.07) is 15.4. The number of aromatic nitrogens is 2. The van der Waals surface area contributed by atoms with Gasteiger partial charge in [-0.3, -0.25) is 19.5 Å². The van der Waals surface area contributed by atoms with E-state index in [1.165, 1.54) is 24.0 Å². The van der Waals surface area contributed by atoms with E-state index in [0.29, 0.717) is 11.4 Å². The summed E-state index contributed by atoms with van der Waals surface area (Å²) < 4.78 is 15.0. The van der Waals surface area contributed by atoms with Crippen molar-refractivity contribution in [2.24, 2.45) is 0 Å². The fourth-order valence-electron chi connectivity index (χ4n) is 2.81. The molecule has 148 valence electrons. The van der Waals surface area contributed by atoms with Gasteiger partial charge in [-0.15, -0.1) is 6.58 Å². The zero-order chi connectivity index (χ0) is 20.8. The first-order chi connectivity index (χ1) is 14.0. The summed E-state index contributed by atoms with van der Waals surface area (Å²) in [5.41, 5.74) is 2.17. The van der Waals surface area contributed by atoms with Gasteiger partial charge in [-0.2, -0.15) is 0 Å². The zero-order valence-electron chi connectivity index (χ0n) is 16.0. The number of carbonyl (C=O) groups excluding carboxylic acids is 2. The maximum absolute atomic E-state index is 13.3. The van der Waals surface area contributed by atoms with Gasteiger partial charge in [0.05, 0.1) is 5.69 Å². The van der Waals surface area contributed by atoms with E-state index in [9.17, 15) is 14.0 Å². The molecule has 3 rings (SSSR count). The van der Waals surface area contributed by atoms with Gasteiger partial charge in [0.2, 0.25) is 17.8 Å². The second-order valence-corrected chi connectivity index (χ2v) is 6.40. The van der Waals surface area contributed by atoms with Crippen LogP contribution in [0.25, 0.3) is 16.9 Å². The van der Waals surface area contributed by atoms with E-state index in [-0.39, 0.29) is 30.8 Å². The number of amides is 2. The SMILES string of the molecule is C=CCN(CC(=O)Nc1nc(-c2ccccc2)cn1-c1ccc(F)cc1)C(C)=O. The van der Waals surface area contributed by atoms with Crippen LogP contribution in [0.3, 0.4) is 0 Å². The van der Waals surface area contributed by atoms with Gasteiger partial charge in [-0.05, 0) is 24.3 Å². The van der Waals surface area contributed by atoms with Crippen LogP contribution in [0.4, 0.5) is 10.3 Å². The van der Waals surface area contributed by atoms with Crippen LogP contribution in [0.15, 0.2) is 73.4 Å². The average molecular weight is 392 g/mol. The normalized spacial score (nSPS) is 10.4. The molecule has 0 saturated heterocycles. The Morgan fingerprint density at radius 1 is 1.17 bits per heavy atom. The Balaban J connectivity index is 1.92. The summed E-state index contributed by atoms with van der Waals surface area (Å²) in [5, 5.41) is 2.75. The van der Waals surface area contributed by atoms with E-state index >= 15 is 0 Å². The number of carbonyl (C=O) groups is 2. The molecule has 7 heteroatoms. The topological polar surface area (TPSA) is 67.2 Å². The van der Waals surface area contributed by atoms with Crippen LogP contribution in [0.5, 0.6) is 0 Å². The number of nitrogens with zero attached hydrogens (tertiary/aromatic N) is 3. The third-order valence-electron chi connectivity index (χ3n) is 4.26. The third-order valence-corrected chi connectivity index (χ3v) is 4.26. The fraction of sp³-hybridized carbons (Fsp3) is 0.136. The van der Waals surface area contributed by atoms with Gasteiger partial charge in [-0.25, -0.2) is 9.37 Å². The van der Waals surface area contributed by atoms with E-state index < -0.39 is 5.91 Å². The number of nitrogens with one attached hydrogen (secondary N) is 1. The summed E-state index contributed by atoms with van der Waals surface area (Å²) in [7, 11) is 0. The summed E-state index contributed by atoms with van der Waals surface area (Å²) in [6.07, 6.45) is 3.33. The molecule has 0 aliphatic carbocycles. The van der Waals surface area contributed by atoms with Crippen molar-refractivity contribution in [3.8, 4) is 16.9 Å². The molecule has 1 heterocycles. The maximum atomic E-state index is 13.3. The van der Waals surface area contributed by atoms with E-state index in [2.05, 4.69) is 16.9 Å². The predicted octanol–water partition coefficient (Wildman–Crippen LogP) is 3.65. The van der Waals surface area contributed by atoms with E-state index in [0.717, 1.165) is 5.56 Å². The Hall–Kier alpha value is -3.74. The quantitative estimate of drug-likeness (QED) is 0.624. The van der Waals surface area contributed by atoms with Crippen LogP contribution in [0, 0.1) is 5.82 Å². The van der Waals surface area contributed by atoms with E-state index in [1.807, 2.05) is 30.3 Å². The maximum Gasteiger partial charge on any atom is 0.246 e. The molecule has 1 N–H and O–H groups in total. The fourth-order valence-corrected chi connectivity index (χ4v) is 2.81. The zero-order valence-corrected chi connectivity index (χ0v) is 16.0. The lowest BCUT2D eigenvalue weighted by molar-refractivity contribution is -0.132. The Morgan fingerprint density at radius 3 is 2.48 bits per heavy atom. The monoisotopic (exact) mass is 392 g/mol. The average Bonchev–Trinajstić information content (AvgIpc) is 3.12. The van der Waals surface area contributed by atoms with Crippen molar-refractivity contribution >= 4 is 17.8 Å². The second kappa shape index (κ2) is 8.97. The lowest BCUT2D eigenvalue weighted by Gasteiger charge is -2.18. The minimum atomic E-state index is -0.393. The number of halogens is 1. The molecule has 0 spiro atoms. The molecule has 6 nitrogen and oxygen atoms in total. The van der Waals surface area contributed by atoms with E-state index in [4.69, 9.17) is 0 Å². The molecule has 0 bridgehead atoms. The highest BCUT2D eigenvalue weighted by molar-refractivity contribution is 5.93. The Kier molecular flexibility index (Phi) is 6.19. The predicted molar refractivity (Wildman–Crippen MR) is 110 cm³/mol. The Morgan fingerprint density at radius 2 is 1.86 bits per heavy atom. The van der Waals surface area contributed by atoms with Gasteiger partial charge < -0.3 is 4.90 Å². The van der Waals surface area contributed by atoms with Crippen LogP contribution < -0.4 is 5.32 Å². The molecule has 0 unspecified atom stereocenters. The highest BCUT2D eigenvalue weighted by Crippen LogP contribution is 2.24. The molecular weight excluding hydrogens is 371 g/mol. The van der Waals surface area contributed by atoms with Crippen molar-refractivity contribution in [2.75, 3.05) is 18.4 Å². The van der Waals surface area contributed by atoms with Crippen molar-refractivity contribution in [3.05, 3.63) is 79.3 Å². The van der Waals surface area contributed by atoms with Crippen molar-refractivity contribution < 1.29 is 14.0 Å². The van der Waals surface area contributed by atoms with Gasteiger partial charge in [-0.1, -0.05) is 36.4 Å². The number of hydrogen-bond donors (Lipinski definition) is 1. The van der Waals surface area contributed by atoms with Gasteiger partial charge in [0.1, 0.15) is 12.4 Å². The smallest absolute Gasteiger partial charge is 0.246 e. The van der Waals surface area contributed by atoms with Crippen molar-refractivity contribution in [2.45, 2.75) is 6.92 Å². The summed E-state index contributed by atoms with van der Waals surface area (Å²) in [5.74, 6) is -0.700. The van der Waals surface area contributed by atoms with Gasteiger partial charge in [0.25, 0.3) is 0 Å². The molecule has 0 radical (unpaired) electrons. The molecule has 0 aliphatic heterocycles. The summed E-state index contributed by atoms with van der Waals surface area (Å²) in [6.45, 7) is 5.13. The first-order valence-electron chi connectivity index (χ1n) is 9.05. The van der Waals surface area contributed by atoms with Gasteiger partial charge in [0.15, 0.2) is 0 Å². The number of imidazole rings is 1. The molecule has 3 aromatic rings. The third kappa shape index (κ3) is 4.95. The van der Waals surface area contributed by atoms with Crippen molar-refractivity contribution in [1.29, 1.82) is 0 Å². The molecular formula is C22H21FN4O2.